The van der Waals surface area contributed by atoms with Gasteiger partial charge in [0.15, 0.2) is 0 Å². The number of hydrogen-bond donors (Lipinski definition) is 1. The Bertz CT molecular complexity index is 1330. The van der Waals surface area contributed by atoms with Gasteiger partial charge in [0.25, 0.3) is 0 Å². The lowest BCUT2D eigenvalue weighted by atomic mass is 9.99. The van der Waals surface area contributed by atoms with E-state index in [1.54, 1.807) is 18.6 Å². The fourth-order valence-electron chi connectivity index (χ4n) is 3.93. The predicted octanol–water partition coefficient (Wildman–Crippen LogP) is 6.00. The zero-order valence-corrected chi connectivity index (χ0v) is 18.9. The summed E-state index contributed by atoms with van der Waals surface area (Å²) in [6, 6.07) is 13.8. The molecule has 1 aliphatic heterocycles. The number of nitrogens with one attached hydrogen (secondary N) is 1. The van der Waals surface area contributed by atoms with E-state index in [0.29, 0.717) is 10.7 Å². The maximum absolute atomic E-state index is 7.23. The monoisotopic (exact) mass is 458 g/mol. The minimum Gasteiger partial charge on any atom is -0.369 e. The van der Waals surface area contributed by atoms with Crippen LogP contribution in [-0.4, -0.2) is 32.0 Å². The van der Waals surface area contributed by atoms with Crippen LogP contribution in [0.4, 0.5) is 11.5 Å². The van der Waals surface area contributed by atoms with E-state index in [2.05, 4.69) is 26.2 Å². The van der Waals surface area contributed by atoms with Crippen molar-refractivity contribution in [2.75, 3.05) is 17.6 Å². The number of pyridine rings is 2. The third kappa shape index (κ3) is 3.72. The Morgan fingerprint density at radius 2 is 2.09 bits per heavy atom. The van der Waals surface area contributed by atoms with Gasteiger partial charge in [0, 0.05) is 48.5 Å². The summed E-state index contributed by atoms with van der Waals surface area (Å²) in [5.74, 6) is 1.94. The zero-order chi connectivity index (χ0) is 22.1. The van der Waals surface area contributed by atoms with Crippen LogP contribution in [0.15, 0.2) is 61.1 Å². The van der Waals surface area contributed by atoms with Crippen LogP contribution in [0.2, 0.25) is 5.02 Å². The molecule has 4 aromatic rings. The van der Waals surface area contributed by atoms with Gasteiger partial charge in [0.2, 0.25) is 5.69 Å². The van der Waals surface area contributed by atoms with Crippen LogP contribution in [0, 0.1) is 6.57 Å². The van der Waals surface area contributed by atoms with Crippen molar-refractivity contribution in [1.29, 1.82) is 0 Å². The maximum Gasteiger partial charge on any atom is 0.205 e. The first-order valence-electron chi connectivity index (χ1n) is 10.1. The molecule has 1 aliphatic rings. The fraction of sp³-hybridized carbons (Fsp3) is 0.167. The van der Waals surface area contributed by atoms with Gasteiger partial charge in [-0.05, 0) is 41.0 Å². The molecule has 0 aliphatic carbocycles. The van der Waals surface area contributed by atoms with Crippen molar-refractivity contribution < 1.29 is 0 Å². The highest BCUT2D eigenvalue weighted by Gasteiger charge is 2.30. The smallest absolute Gasteiger partial charge is 0.205 e. The maximum atomic E-state index is 7.23. The molecule has 5 rings (SSSR count). The lowest BCUT2D eigenvalue weighted by molar-refractivity contribution is 0.773. The fourth-order valence-corrected chi connectivity index (χ4v) is 5.52. The molecule has 0 saturated carbocycles. The SMILES string of the molecule is [C-]#[N+]c1cncc(-c2ccc(C3SCCNc4c3c(-c3ccccn3)nn4C)c(Cl)c2)c1. The van der Waals surface area contributed by atoms with Gasteiger partial charge in [-0.1, -0.05) is 29.8 Å². The molecule has 1 atom stereocenters. The molecule has 32 heavy (non-hydrogen) atoms. The van der Waals surface area contributed by atoms with Crippen molar-refractivity contribution in [3.63, 3.8) is 0 Å². The largest absolute Gasteiger partial charge is 0.369 e. The summed E-state index contributed by atoms with van der Waals surface area (Å²) >= 11 is 8.70. The normalized spacial score (nSPS) is 15.3. The average Bonchev–Trinajstić information content (AvgIpc) is 3.01. The van der Waals surface area contributed by atoms with Gasteiger partial charge >= 0.3 is 0 Å². The molecule has 0 saturated heterocycles. The highest BCUT2D eigenvalue weighted by Crippen LogP contribution is 2.47. The van der Waals surface area contributed by atoms with Crippen molar-refractivity contribution in [2.24, 2.45) is 7.05 Å². The van der Waals surface area contributed by atoms with Crippen molar-refractivity contribution in [3.8, 4) is 22.5 Å². The van der Waals surface area contributed by atoms with E-state index in [-0.39, 0.29) is 5.25 Å². The second kappa shape index (κ2) is 8.65. The molecule has 1 aromatic carbocycles. The number of halogens is 1. The molecule has 0 amide bonds. The number of aryl methyl sites for hydroxylation is 1. The second-order valence-corrected chi connectivity index (χ2v) is 9.03. The Balaban J connectivity index is 1.61. The number of nitrogens with zero attached hydrogens (tertiary/aromatic N) is 5. The lowest BCUT2D eigenvalue weighted by Crippen LogP contribution is -2.06. The zero-order valence-electron chi connectivity index (χ0n) is 17.3. The van der Waals surface area contributed by atoms with Gasteiger partial charge in [-0.15, -0.1) is 11.8 Å². The summed E-state index contributed by atoms with van der Waals surface area (Å²) in [6.45, 7) is 8.08. The van der Waals surface area contributed by atoms with Gasteiger partial charge in [0.1, 0.15) is 11.5 Å². The molecular formula is C24H19ClN6S. The number of benzene rings is 1. The second-order valence-electron chi connectivity index (χ2n) is 7.41. The predicted molar refractivity (Wildman–Crippen MR) is 130 cm³/mol. The Labute approximate surface area is 195 Å². The van der Waals surface area contributed by atoms with Gasteiger partial charge < -0.3 is 5.32 Å². The van der Waals surface area contributed by atoms with E-state index in [9.17, 15) is 0 Å². The van der Waals surface area contributed by atoms with E-state index >= 15 is 0 Å². The standard InChI is InChI=1S/C24H19ClN6S/c1-26-17-11-16(13-27-14-17)15-6-7-18(19(25)12-15)23-21-22(20-5-3-4-8-28-20)30-31(2)24(21)29-9-10-32-23/h3-8,11-14,23,29H,9-10H2,2H3. The third-order valence-corrected chi connectivity index (χ3v) is 6.99. The highest BCUT2D eigenvalue weighted by atomic mass is 35.5. The van der Waals surface area contributed by atoms with E-state index in [1.807, 2.05) is 59.9 Å². The Hall–Kier alpha value is -3.34. The highest BCUT2D eigenvalue weighted by molar-refractivity contribution is 7.99. The number of rotatable bonds is 3. The average molecular weight is 459 g/mol. The molecule has 0 radical (unpaired) electrons. The minimum absolute atomic E-state index is 0.0138. The van der Waals surface area contributed by atoms with E-state index in [1.165, 1.54) is 0 Å². The molecule has 8 heteroatoms. The summed E-state index contributed by atoms with van der Waals surface area (Å²) in [5.41, 5.74) is 6.15. The molecule has 4 heterocycles. The van der Waals surface area contributed by atoms with Crippen LogP contribution < -0.4 is 5.32 Å². The van der Waals surface area contributed by atoms with Crippen LogP contribution in [0.1, 0.15) is 16.4 Å². The molecule has 0 fully saturated rings. The third-order valence-electron chi connectivity index (χ3n) is 5.40. The van der Waals surface area contributed by atoms with Crippen LogP contribution in [-0.2, 0) is 7.05 Å². The summed E-state index contributed by atoms with van der Waals surface area (Å²) in [6.07, 6.45) is 5.10. The topological polar surface area (TPSA) is 60.0 Å². The first-order valence-corrected chi connectivity index (χ1v) is 11.5. The summed E-state index contributed by atoms with van der Waals surface area (Å²) in [7, 11) is 1.95. The Kier molecular flexibility index (Phi) is 5.56. The number of hydrogen-bond acceptors (Lipinski definition) is 5. The van der Waals surface area contributed by atoms with Crippen molar-refractivity contribution in [2.45, 2.75) is 5.25 Å². The van der Waals surface area contributed by atoms with Crippen LogP contribution in [0.5, 0.6) is 0 Å². The molecule has 6 nitrogen and oxygen atoms in total. The first-order chi connectivity index (χ1) is 15.7. The number of thioether (sulfide) groups is 1. The van der Waals surface area contributed by atoms with Gasteiger partial charge in [-0.25, -0.2) is 4.85 Å². The number of aromatic nitrogens is 4. The molecule has 0 spiro atoms. The Morgan fingerprint density at radius 1 is 1.19 bits per heavy atom. The summed E-state index contributed by atoms with van der Waals surface area (Å²) < 4.78 is 1.89. The molecule has 1 unspecified atom stereocenters. The molecule has 3 aromatic heterocycles. The molecule has 158 valence electrons. The Morgan fingerprint density at radius 3 is 2.88 bits per heavy atom. The quantitative estimate of drug-likeness (QED) is 0.382. The van der Waals surface area contributed by atoms with Gasteiger partial charge in [-0.3, -0.25) is 14.6 Å². The van der Waals surface area contributed by atoms with Gasteiger partial charge in [-0.2, -0.15) is 5.10 Å². The van der Waals surface area contributed by atoms with E-state index < -0.39 is 0 Å². The summed E-state index contributed by atoms with van der Waals surface area (Å²) in [5, 5.41) is 9.01. The lowest BCUT2D eigenvalue weighted by Gasteiger charge is -2.18. The van der Waals surface area contributed by atoms with Crippen molar-refractivity contribution >= 4 is 34.9 Å². The van der Waals surface area contributed by atoms with Gasteiger partial charge in [0.05, 0.1) is 17.5 Å². The van der Waals surface area contributed by atoms with Crippen LogP contribution in [0.3, 0.4) is 0 Å². The number of anilines is 1. The first kappa shape index (κ1) is 20.6. The van der Waals surface area contributed by atoms with Crippen LogP contribution in [0.25, 0.3) is 27.4 Å². The van der Waals surface area contributed by atoms with Crippen molar-refractivity contribution in [1.82, 2.24) is 19.7 Å². The molecule has 1 N–H and O–H groups in total. The van der Waals surface area contributed by atoms with E-state index in [4.69, 9.17) is 23.3 Å². The summed E-state index contributed by atoms with van der Waals surface area (Å²) in [4.78, 5) is 12.2. The van der Waals surface area contributed by atoms with Crippen LogP contribution >= 0.6 is 23.4 Å². The minimum atomic E-state index is 0.0138. The molecule has 0 bridgehead atoms. The van der Waals surface area contributed by atoms with E-state index in [0.717, 1.165) is 51.8 Å². The van der Waals surface area contributed by atoms with Crippen molar-refractivity contribution in [3.05, 3.63) is 88.6 Å². The molecular weight excluding hydrogens is 440 g/mol. The number of fused-ring (bicyclic) bond motifs is 1.